The van der Waals surface area contributed by atoms with Crippen LogP contribution in [-0.4, -0.2) is 72.0 Å². The molecule has 0 aliphatic carbocycles. The number of hydrogen-bond donors (Lipinski definition) is 2. The first kappa shape index (κ1) is 39.2. The summed E-state index contributed by atoms with van der Waals surface area (Å²) in [5.41, 5.74) is 5.40. The molecule has 53 heavy (non-hydrogen) atoms. The third kappa shape index (κ3) is 9.49. The first-order valence-corrected chi connectivity index (χ1v) is 21.6. The van der Waals surface area contributed by atoms with E-state index in [1.807, 2.05) is 77.6 Å². The molecule has 2 heterocycles. The average Bonchev–Trinajstić information content (AvgIpc) is 3.64. The first-order chi connectivity index (χ1) is 25.3. The smallest absolute Gasteiger partial charge is 0.320 e. The van der Waals surface area contributed by atoms with Crippen molar-refractivity contribution in [2.24, 2.45) is 7.05 Å². The molecule has 0 saturated carbocycles. The van der Waals surface area contributed by atoms with Gasteiger partial charge in [-0.05, 0) is 46.3 Å². The molecule has 0 spiro atoms. The molecule has 280 valence electrons. The normalized spacial score (nSPS) is 12.1. The van der Waals surface area contributed by atoms with Crippen LogP contribution in [0.15, 0.2) is 77.7 Å². The van der Waals surface area contributed by atoms with Crippen LogP contribution in [0.25, 0.3) is 10.9 Å². The molecule has 0 bridgehead atoms. The summed E-state index contributed by atoms with van der Waals surface area (Å²) in [6.45, 7) is 8.28. The number of anilines is 2. The fourth-order valence-corrected chi connectivity index (χ4v) is 7.21. The number of methoxy groups -OCH3 is 2. The van der Waals surface area contributed by atoms with Crippen molar-refractivity contribution in [3.8, 4) is 0 Å². The minimum absolute atomic E-state index is 0.183. The van der Waals surface area contributed by atoms with Crippen LogP contribution < -0.4 is 16.2 Å². The van der Waals surface area contributed by atoms with E-state index in [1.165, 1.54) is 14.2 Å². The quantitative estimate of drug-likeness (QED) is 0.0540. The highest BCUT2D eigenvalue weighted by atomic mass is 32.1. The van der Waals surface area contributed by atoms with Gasteiger partial charge in [-0.15, -0.1) is 0 Å². The Morgan fingerprint density at radius 1 is 0.962 bits per heavy atom. The van der Waals surface area contributed by atoms with E-state index in [0.29, 0.717) is 36.8 Å². The van der Waals surface area contributed by atoms with Crippen molar-refractivity contribution in [1.82, 2.24) is 19.1 Å². The number of thiocarbonyl (C=S) groups is 1. The summed E-state index contributed by atoms with van der Waals surface area (Å²) >= 11 is 5.87. The van der Waals surface area contributed by atoms with Gasteiger partial charge < -0.3 is 24.8 Å². The first-order valence-electron chi connectivity index (χ1n) is 17.4. The van der Waals surface area contributed by atoms with Crippen molar-refractivity contribution in [2.45, 2.75) is 57.7 Å². The molecule has 0 fully saturated rings. The van der Waals surface area contributed by atoms with Gasteiger partial charge >= 0.3 is 11.9 Å². The average molecular weight is 757 g/mol. The number of esters is 2. The molecule has 12 nitrogen and oxygen atoms in total. The van der Waals surface area contributed by atoms with Gasteiger partial charge in [0.25, 0.3) is 5.56 Å². The molecule has 1 atom stereocenters. The molecule has 1 unspecified atom stereocenters. The van der Waals surface area contributed by atoms with Gasteiger partial charge in [-0.3, -0.25) is 19.1 Å². The number of carbonyl (C=O) groups excluding carboxylic acids is 2. The van der Waals surface area contributed by atoms with E-state index in [4.69, 9.17) is 26.4 Å². The monoisotopic (exact) mass is 756 g/mol. The molecule has 5 aromatic rings. The molecule has 0 aliphatic rings. The van der Waals surface area contributed by atoms with Crippen LogP contribution in [0.1, 0.15) is 33.7 Å². The number of hydrogen-bond acceptors (Lipinski definition) is 9. The van der Waals surface area contributed by atoms with E-state index in [-0.39, 0.29) is 29.5 Å². The zero-order valence-electron chi connectivity index (χ0n) is 31.4. The molecule has 2 aromatic heterocycles. The van der Waals surface area contributed by atoms with Crippen LogP contribution in [0.2, 0.25) is 25.7 Å². The lowest BCUT2D eigenvalue weighted by Gasteiger charge is -2.20. The predicted molar refractivity (Wildman–Crippen MR) is 215 cm³/mol. The largest absolute Gasteiger partial charge is 0.469 e. The van der Waals surface area contributed by atoms with Crippen molar-refractivity contribution in [3.05, 3.63) is 111 Å². The van der Waals surface area contributed by atoms with E-state index in [0.717, 1.165) is 39.2 Å². The fourth-order valence-electron chi connectivity index (χ4n) is 6.12. The summed E-state index contributed by atoms with van der Waals surface area (Å²) in [5, 5.41) is 11.7. The molecule has 0 saturated heterocycles. The van der Waals surface area contributed by atoms with Crippen molar-refractivity contribution in [2.75, 3.05) is 38.5 Å². The van der Waals surface area contributed by atoms with Gasteiger partial charge in [-0.25, -0.2) is 9.36 Å². The van der Waals surface area contributed by atoms with Crippen molar-refractivity contribution < 1.29 is 23.8 Å². The minimum atomic E-state index is -1.21. The molecule has 2 N–H and O–H groups in total. The second kappa shape index (κ2) is 17.2. The zero-order chi connectivity index (χ0) is 38.3. The van der Waals surface area contributed by atoms with Crippen molar-refractivity contribution in [3.63, 3.8) is 0 Å². The number of aromatic nitrogens is 4. The Bertz CT molecular complexity index is 2150. The van der Waals surface area contributed by atoms with E-state index in [9.17, 15) is 14.4 Å². The maximum absolute atomic E-state index is 13.8. The standard InChI is InChI=1S/C39H48N6O6SSi/c1-40-35-36(43(2)45(38(35)47)24-30-12-9-13-32-31(30)23-41-44(32)25-51-18-19-53(5,6)7)42-37(52)34(39(48)50-4)29-11-8-10-28(21-29)20-26-14-16-27(17-15-26)22-33(46)49-3/h8-17,21,23,34,40H,18-20,22,24-25H2,1-7H3,(H,42,52). The maximum atomic E-state index is 13.8. The second-order valence-electron chi connectivity index (χ2n) is 14.1. The number of fused-ring (bicyclic) bond motifs is 1. The van der Waals surface area contributed by atoms with Gasteiger partial charge in [0.1, 0.15) is 18.3 Å². The van der Waals surface area contributed by atoms with Crippen molar-refractivity contribution in [1.29, 1.82) is 0 Å². The molecular weight excluding hydrogens is 709 g/mol. The Morgan fingerprint density at radius 2 is 1.68 bits per heavy atom. The summed E-state index contributed by atoms with van der Waals surface area (Å²) in [6, 6.07) is 22.4. The highest BCUT2D eigenvalue weighted by Gasteiger charge is 2.29. The number of rotatable bonds is 16. The number of carbonyl (C=O) groups is 2. The molecule has 0 radical (unpaired) electrons. The van der Waals surface area contributed by atoms with Gasteiger partial charge in [-0.2, -0.15) is 5.10 Å². The molecular formula is C39H48N6O6SSi. The second-order valence-corrected chi connectivity index (χ2v) is 20.2. The summed E-state index contributed by atoms with van der Waals surface area (Å²) in [4.78, 5) is 38.9. The van der Waals surface area contributed by atoms with Gasteiger partial charge in [0.05, 0.1) is 43.9 Å². The molecule has 14 heteroatoms. The zero-order valence-corrected chi connectivity index (χ0v) is 33.2. The highest BCUT2D eigenvalue weighted by molar-refractivity contribution is 7.80. The Morgan fingerprint density at radius 3 is 2.36 bits per heavy atom. The lowest BCUT2D eigenvalue weighted by atomic mass is 9.94. The number of nitrogens with one attached hydrogen (secondary N) is 2. The molecule has 0 aliphatic heterocycles. The van der Waals surface area contributed by atoms with Crippen molar-refractivity contribution >= 4 is 59.6 Å². The lowest BCUT2D eigenvalue weighted by Crippen LogP contribution is -2.29. The topological polar surface area (TPSA) is 131 Å². The lowest BCUT2D eigenvalue weighted by molar-refractivity contribution is -0.141. The van der Waals surface area contributed by atoms with Crippen LogP contribution in [0.4, 0.5) is 11.5 Å². The highest BCUT2D eigenvalue weighted by Crippen LogP contribution is 2.27. The van der Waals surface area contributed by atoms with Crippen LogP contribution in [0, 0.1) is 0 Å². The third-order valence-electron chi connectivity index (χ3n) is 9.16. The fraction of sp³-hybridized carbons (Fsp3) is 0.359. The predicted octanol–water partition coefficient (Wildman–Crippen LogP) is 5.94. The summed E-state index contributed by atoms with van der Waals surface area (Å²) < 4.78 is 21.1. The van der Waals surface area contributed by atoms with E-state index in [2.05, 4.69) is 35.4 Å². The van der Waals surface area contributed by atoms with Crippen LogP contribution >= 0.6 is 12.2 Å². The molecule has 5 rings (SSSR count). The van der Waals surface area contributed by atoms with Gasteiger partial charge in [0.2, 0.25) is 0 Å². The number of ether oxygens (including phenoxy) is 3. The molecule has 0 amide bonds. The Kier molecular flexibility index (Phi) is 12.7. The van der Waals surface area contributed by atoms with Gasteiger partial charge in [-0.1, -0.05) is 92.5 Å². The SMILES string of the molecule is CNc1c(NC(=S)C(C(=O)OC)c2cccc(Cc3ccc(CC(=O)OC)cc3)c2)n(C)n(Cc2cccc3c2cnn3COCC[Si](C)(C)C)c1=O. The summed E-state index contributed by atoms with van der Waals surface area (Å²) in [7, 11) is 4.93. The van der Waals surface area contributed by atoms with Gasteiger partial charge in [0.15, 0.2) is 5.82 Å². The molecule has 3 aromatic carbocycles. The number of nitrogens with zero attached hydrogens (tertiary/aromatic N) is 4. The maximum Gasteiger partial charge on any atom is 0.320 e. The Labute approximate surface area is 316 Å². The minimum Gasteiger partial charge on any atom is -0.469 e. The van der Waals surface area contributed by atoms with Crippen LogP contribution in [0.5, 0.6) is 0 Å². The Balaban J connectivity index is 1.36. The summed E-state index contributed by atoms with van der Waals surface area (Å²) in [5.74, 6) is -1.35. The van der Waals surface area contributed by atoms with Crippen LogP contribution in [-0.2, 0) is 57.0 Å². The van der Waals surface area contributed by atoms with Gasteiger partial charge in [0, 0.05) is 34.2 Å². The third-order valence-corrected chi connectivity index (χ3v) is 11.2. The van der Waals surface area contributed by atoms with E-state index >= 15 is 0 Å². The van der Waals surface area contributed by atoms with Crippen LogP contribution in [0.3, 0.4) is 0 Å². The number of benzene rings is 3. The Hall–Kier alpha value is -5.05. The van der Waals surface area contributed by atoms with E-state index in [1.54, 1.807) is 23.5 Å². The summed E-state index contributed by atoms with van der Waals surface area (Å²) in [6.07, 6.45) is 2.61. The van der Waals surface area contributed by atoms with E-state index < -0.39 is 20.0 Å².